The van der Waals surface area contributed by atoms with Crippen molar-refractivity contribution in [3.8, 4) is 0 Å². The molecule has 0 atom stereocenters. The third-order valence-corrected chi connectivity index (χ3v) is 2.08. The Morgan fingerprint density at radius 2 is 1.70 bits per heavy atom. The van der Waals surface area contributed by atoms with Gasteiger partial charge in [0, 0.05) is 0 Å². The zero-order chi connectivity index (χ0) is 7.49. The summed E-state index contributed by atoms with van der Waals surface area (Å²) in [5.74, 6) is -0.687. The molecule has 10 heavy (non-hydrogen) atoms. The summed E-state index contributed by atoms with van der Waals surface area (Å²) in [5.41, 5.74) is -0.500. The van der Waals surface area contributed by atoms with E-state index in [-0.39, 0.29) is 12.4 Å². The van der Waals surface area contributed by atoms with Crippen LogP contribution in [0.3, 0.4) is 0 Å². The van der Waals surface area contributed by atoms with E-state index >= 15 is 0 Å². The lowest BCUT2D eigenvalue weighted by atomic mass is 9.85. The van der Waals surface area contributed by atoms with Crippen LogP contribution in [-0.2, 0) is 4.79 Å². The van der Waals surface area contributed by atoms with Crippen LogP contribution >= 0.6 is 12.4 Å². The molecule has 3 heteroatoms. The van der Waals surface area contributed by atoms with Crippen molar-refractivity contribution in [1.82, 2.24) is 0 Å². The van der Waals surface area contributed by atoms with Gasteiger partial charge in [-0.1, -0.05) is 13.8 Å². The molecule has 0 bridgehead atoms. The van der Waals surface area contributed by atoms with Crippen molar-refractivity contribution < 1.29 is 9.90 Å². The van der Waals surface area contributed by atoms with E-state index in [0.717, 1.165) is 0 Å². The smallest absolute Gasteiger partial charge is 0.309 e. The van der Waals surface area contributed by atoms with Crippen LogP contribution in [0, 0.1) is 5.41 Å². The monoisotopic (exact) mass is 166 g/mol. The summed E-state index contributed by atoms with van der Waals surface area (Å²) in [4.78, 5) is 10.5. The molecule has 62 valence electrons. The van der Waals surface area contributed by atoms with Crippen molar-refractivity contribution in [2.45, 2.75) is 33.6 Å². The van der Waals surface area contributed by atoms with Crippen molar-refractivity contribution in [3.63, 3.8) is 0 Å². The minimum atomic E-state index is -0.687. The summed E-state index contributed by atoms with van der Waals surface area (Å²) >= 11 is 0. The maximum atomic E-state index is 10.5. The van der Waals surface area contributed by atoms with E-state index in [4.69, 9.17) is 5.11 Å². The number of rotatable bonds is 3. The van der Waals surface area contributed by atoms with Gasteiger partial charge in [-0.05, 0) is 19.8 Å². The minimum Gasteiger partial charge on any atom is -0.481 e. The summed E-state index contributed by atoms with van der Waals surface area (Å²) in [7, 11) is 0. The lowest BCUT2D eigenvalue weighted by Crippen LogP contribution is -2.25. The van der Waals surface area contributed by atoms with E-state index in [1.807, 2.05) is 13.8 Å². The van der Waals surface area contributed by atoms with Gasteiger partial charge in [-0.25, -0.2) is 0 Å². The molecule has 0 radical (unpaired) electrons. The van der Waals surface area contributed by atoms with Crippen molar-refractivity contribution in [1.29, 1.82) is 0 Å². The predicted octanol–water partition coefficient (Wildman–Crippen LogP) is 2.32. The fraction of sp³-hybridized carbons (Fsp3) is 0.857. The molecule has 1 N–H and O–H groups in total. The zero-order valence-corrected chi connectivity index (χ0v) is 7.49. The Bertz CT molecular complexity index is 108. The first-order chi connectivity index (χ1) is 4.06. The van der Waals surface area contributed by atoms with Gasteiger partial charge in [0.25, 0.3) is 0 Å². The molecular weight excluding hydrogens is 152 g/mol. The average molecular weight is 167 g/mol. The third-order valence-electron chi connectivity index (χ3n) is 2.08. The van der Waals surface area contributed by atoms with E-state index in [1.54, 1.807) is 6.92 Å². The van der Waals surface area contributed by atoms with Crippen LogP contribution in [0.2, 0.25) is 0 Å². The first kappa shape index (κ1) is 12.4. The molecule has 0 aromatic rings. The SMILES string of the molecule is CCC(C)(CC)C(=O)O.Cl. The number of hydrogen-bond acceptors (Lipinski definition) is 1. The summed E-state index contributed by atoms with van der Waals surface area (Å²) in [6.45, 7) is 5.57. The maximum absolute atomic E-state index is 10.5. The highest BCUT2D eigenvalue weighted by Crippen LogP contribution is 2.24. The Morgan fingerprint density at radius 1 is 1.40 bits per heavy atom. The van der Waals surface area contributed by atoms with Gasteiger partial charge in [0.05, 0.1) is 5.41 Å². The van der Waals surface area contributed by atoms with Crippen LogP contribution in [0.5, 0.6) is 0 Å². The highest BCUT2D eigenvalue weighted by atomic mass is 35.5. The Balaban J connectivity index is 0. The standard InChI is InChI=1S/C7H14O2.ClH/c1-4-7(3,5-2)6(8)9;/h4-5H2,1-3H3,(H,8,9);1H. The number of aliphatic carboxylic acids is 1. The van der Waals surface area contributed by atoms with Crippen molar-refractivity contribution in [2.75, 3.05) is 0 Å². The largest absolute Gasteiger partial charge is 0.481 e. The fourth-order valence-electron chi connectivity index (χ4n) is 0.552. The summed E-state index contributed by atoms with van der Waals surface area (Å²) in [6, 6.07) is 0. The Morgan fingerprint density at radius 3 is 1.70 bits per heavy atom. The fourth-order valence-corrected chi connectivity index (χ4v) is 0.552. The topological polar surface area (TPSA) is 37.3 Å². The number of hydrogen-bond donors (Lipinski definition) is 1. The second-order valence-electron chi connectivity index (χ2n) is 2.57. The van der Waals surface area contributed by atoms with Gasteiger partial charge in [0.15, 0.2) is 0 Å². The number of halogens is 1. The Labute approximate surface area is 68.0 Å². The molecule has 0 aromatic heterocycles. The van der Waals surface area contributed by atoms with Crippen LogP contribution in [0.15, 0.2) is 0 Å². The van der Waals surface area contributed by atoms with Crippen LogP contribution in [0.4, 0.5) is 0 Å². The minimum absolute atomic E-state index is 0. The molecule has 0 aliphatic carbocycles. The molecule has 0 saturated heterocycles. The van der Waals surface area contributed by atoms with E-state index < -0.39 is 11.4 Å². The van der Waals surface area contributed by atoms with Crippen LogP contribution < -0.4 is 0 Å². The van der Waals surface area contributed by atoms with Gasteiger partial charge in [-0.2, -0.15) is 0 Å². The first-order valence-corrected chi connectivity index (χ1v) is 3.30. The van der Waals surface area contributed by atoms with Crippen molar-refractivity contribution in [2.24, 2.45) is 5.41 Å². The van der Waals surface area contributed by atoms with Gasteiger partial charge in [0.1, 0.15) is 0 Å². The second-order valence-corrected chi connectivity index (χ2v) is 2.57. The summed E-state index contributed by atoms with van der Waals surface area (Å²) < 4.78 is 0. The quantitative estimate of drug-likeness (QED) is 0.699. The van der Waals surface area contributed by atoms with Gasteiger partial charge >= 0.3 is 5.97 Å². The predicted molar refractivity (Wildman–Crippen MR) is 43.6 cm³/mol. The molecule has 0 saturated carbocycles. The van der Waals surface area contributed by atoms with Gasteiger partial charge in [-0.15, -0.1) is 12.4 Å². The molecule has 0 fully saturated rings. The second kappa shape index (κ2) is 4.56. The van der Waals surface area contributed by atoms with Crippen molar-refractivity contribution >= 4 is 18.4 Å². The molecule has 0 heterocycles. The Hall–Kier alpha value is -0.240. The first-order valence-electron chi connectivity index (χ1n) is 3.30. The molecule has 2 nitrogen and oxygen atoms in total. The van der Waals surface area contributed by atoms with Crippen LogP contribution in [0.25, 0.3) is 0 Å². The maximum Gasteiger partial charge on any atom is 0.309 e. The molecule has 0 unspecified atom stereocenters. The van der Waals surface area contributed by atoms with E-state index in [1.165, 1.54) is 0 Å². The van der Waals surface area contributed by atoms with Crippen molar-refractivity contribution in [3.05, 3.63) is 0 Å². The van der Waals surface area contributed by atoms with E-state index in [0.29, 0.717) is 12.8 Å². The Kier molecular flexibility index (Phi) is 5.67. The van der Waals surface area contributed by atoms with Gasteiger partial charge in [-0.3, -0.25) is 4.79 Å². The van der Waals surface area contributed by atoms with Gasteiger partial charge < -0.3 is 5.11 Å². The highest BCUT2D eigenvalue weighted by Gasteiger charge is 2.27. The molecule has 0 aliphatic heterocycles. The van der Waals surface area contributed by atoms with Crippen LogP contribution in [-0.4, -0.2) is 11.1 Å². The normalized spacial score (nSPS) is 10.3. The summed E-state index contributed by atoms with van der Waals surface area (Å²) in [5, 5.41) is 8.63. The number of carbonyl (C=O) groups is 1. The average Bonchev–Trinajstić information content (AvgIpc) is 1.86. The number of carboxylic acids is 1. The molecule has 0 spiro atoms. The molecule has 0 rings (SSSR count). The molecule has 0 aromatic carbocycles. The zero-order valence-electron chi connectivity index (χ0n) is 6.68. The number of carboxylic acid groups (broad SMARTS) is 1. The highest BCUT2D eigenvalue weighted by molar-refractivity contribution is 5.85. The van der Waals surface area contributed by atoms with E-state index in [9.17, 15) is 4.79 Å². The van der Waals surface area contributed by atoms with E-state index in [2.05, 4.69) is 0 Å². The molecule has 0 amide bonds. The van der Waals surface area contributed by atoms with Gasteiger partial charge in [0.2, 0.25) is 0 Å². The third kappa shape index (κ3) is 2.56. The lowest BCUT2D eigenvalue weighted by Gasteiger charge is -2.19. The summed E-state index contributed by atoms with van der Waals surface area (Å²) in [6.07, 6.45) is 1.41. The lowest BCUT2D eigenvalue weighted by molar-refractivity contribution is -0.148. The molecule has 0 aliphatic rings. The van der Waals surface area contributed by atoms with Crippen LogP contribution in [0.1, 0.15) is 33.6 Å². The molecular formula is C7H15ClO2.